The summed E-state index contributed by atoms with van der Waals surface area (Å²) < 4.78 is 1.68. The molecule has 0 saturated carbocycles. The number of alkyl halides is 1. The molecule has 0 aromatic carbocycles. The van der Waals surface area contributed by atoms with Crippen molar-refractivity contribution in [1.82, 2.24) is 14.9 Å². The Hall–Kier alpha value is -1.03. The molecule has 0 aliphatic carbocycles. The molecule has 0 aliphatic heterocycles. The lowest BCUT2D eigenvalue weighted by Crippen LogP contribution is -2.31. The number of aryl methyl sites for hydroxylation is 1. The summed E-state index contributed by atoms with van der Waals surface area (Å²) in [6.45, 7) is 4.71. The Morgan fingerprint density at radius 1 is 1.62 bits per heavy atom. The minimum Gasteiger partial charge on any atom is -0.349 e. The van der Waals surface area contributed by atoms with E-state index in [2.05, 4.69) is 24.1 Å². The zero-order valence-corrected chi connectivity index (χ0v) is 10.7. The van der Waals surface area contributed by atoms with E-state index in [0.29, 0.717) is 18.2 Å². The standard InChI is InChI=1S/C11H18ClN3O/c1-8(2)4-9(12)5-14-11(16)10-6-13-7-15(10)3/h6-9H,4-5H2,1-3H3,(H,14,16). The summed E-state index contributed by atoms with van der Waals surface area (Å²) >= 11 is 6.08. The van der Waals surface area contributed by atoms with Crippen LogP contribution >= 0.6 is 11.6 Å². The van der Waals surface area contributed by atoms with Crippen molar-refractivity contribution < 1.29 is 4.79 Å². The van der Waals surface area contributed by atoms with Gasteiger partial charge >= 0.3 is 0 Å². The number of carbonyl (C=O) groups excluding carboxylic acids is 1. The molecule has 1 atom stereocenters. The first-order valence-electron chi connectivity index (χ1n) is 5.39. The second kappa shape index (κ2) is 5.89. The molecule has 1 amide bonds. The van der Waals surface area contributed by atoms with Gasteiger partial charge in [0.2, 0.25) is 0 Å². The van der Waals surface area contributed by atoms with Gasteiger partial charge in [-0.05, 0) is 12.3 Å². The first-order chi connectivity index (χ1) is 7.50. The van der Waals surface area contributed by atoms with Gasteiger partial charge in [0.25, 0.3) is 5.91 Å². The van der Waals surface area contributed by atoms with Crippen molar-refractivity contribution in [3.05, 3.63) is 18.2 Å². The molecular weight excluding hydrogens is 226 g/mol. The molecule has 1 aromatic rings. The lowest BCUT2D eigenvalue weighted by molar-refractivity contribution is 0.0944. The smallest absolute Gasteiger partial charge is 0.269 e. The van der Waals surface area contributed by atoms with Crippen LogP contribution in [0.5, 0.6) is 0 Å². The molecule has 0 fully saturated rings. The topological polar surface area (TPSA) is 46.9 Å². The minimum absolute atomic E-state index is 0.0165. The number of imidazole rings is 1. The van der Waals surface area contributed by atoms with E-state index in [0.717, 1.165) is 6.42 Å². The van der Waals surface area contributed by atoms with Crippen LogP contribution in [0.25, 0.3) is 0 Å². The van der Waals surface area contributed by atoms with Gasteiger partial charge in [0.05, 0.1) is 17.9 Å². The van der Waals surface area contributed by atoms with Crippen LogP contribution in [0, 0.1) is 5.92 Å². The lowest BCUT2D eigenvalue weighted by Gasteiger charge is -2.12. The molecule has 90 valence electrons. The summed E-state index contributed by atoms with van der Waals surface area (Å²) in [5.74, 6) is 0.408. The molecule has 1 rings (SSSR count). The Bertz CT molecular complexity index is 349. The molecule has 1 heterocycles. The third kappa shape index (κ3) is 3.85. The quantitative estimate of drug-likeness (QED) is 0.802. The van der Waals surface area contributed by atoms with Crippen molar-refractivity contribution in [2.24, 2.45) is 13.0 Å². The monoisotopic (exact) mass is 243 g/mol. The molecule has 0 bridgehead atoms. The maximum absolute atomic E-state index is 11.7. The molecule has 1 N–H and O–H groups in total. The largest absolute Gasteiger partial charge is 0.349 e. The van der Waals surface area contributed by atoms with Crippen LogP contribution in [-0.4, -0.2) is 27.4 Å². The number of amides is 1. The van der Waals surface area contributed by atoms with Crippen LogP contribution in [0.4, 0.5) is 0 Å². The molecule has 0 spiro atoms. The Morgan fingerprint density at radius 2 is 2.31 bits per heavy atom. The number of hydrogen-bond donors (Lipinski definition) is 1. The highest BCUT2D eigenvalue weighted by molar-refractivity contribution is 6.20. The van der Waals surface area contributed by atoms with Crippen molar-refractivity contribution >= 4 is 17.5 Å². The molecule has 0 saturated heterocycles. The molecule has 0 aliphatic rings. The van der Waals surface area contributed by atoms with Gasteiger partial charge < -0.3 is 9.88 Å². The third-order valence-corrected chi connectivity index (χ3v) is 2.59. The number of nitrogens with zero attached hydrogens (tertiary/aromatic N) is 2. The van der Waals surface area contributed by atoms with Crippen LogP contribution in [0.3, 0.4) is 0 Å². The zero-order valence-electron chi connectivity index (χ0n) is 9.90. The van der Waals surface area contributed by atoms with E-state index in [-0.39, 0.29) is 11.3 Å². The molecule has 1 unspecified atom stereocenters. The van der Waals surface area contributed by atoms with Crippen LogP contribution in [0.1, 0.15) is 30.8 Å². The van der Waals surface area contributed by atoms with Gasteiger partial charge in [-0.2, -0.15) is 0 Å². The first-order valence-corrected chi connectivity index (χ1v) is 5.83. The van der Waals surface area contributed by atoms with Crippen LogP contribution < -0.4 is 5.32 Å². The van der Waals surface area contributed by atoms with Gasteiger partial charge in [-0.3, -0.25) is 4.79 Å². The van der Waals surface area contributed by atoms with Crippen LogP contribution in [-0.2, 0) is 7.05 Å². The zero-order chi connectivity index (χ0) is 12.1. The van der Waals surface area contributed by atoms with E-state index < -0.39 is 0 Å². The molecule has 5 heteroatoms. The van der Waals surface area contributed by atoms with Gasteiger partial charge in [-0.15, -0.1) is 11.6 Å². The predicted molar refractivity (Wildman–Crippen MR) is 64.6 cm³/mol. The normalized spacial score (nSPS) is 12.8. The first kappa shape index (κ1) is 13.0. The van der Waals surface area contributed by atoms with E-state index in [1.165, 1.54) is 0 Å². The van der Waals surface area contributed by atoms with Crippen LogP contribution in [0.15, 0.2) is 12.5 Å². The Kier molecular flexibility index (Phi) is 4.80. The fraction of sp³-hybridized carbons (Fsp3) is 0.636. The number of hydrogen-bond acceptors (Lipinski definition) is 2. The summed E-state index contributed by atoms with van der Waals surface area (Å²) in [4.78, 5) is 15.6. The highest BCUT2D eigenvalue weighted by Crippen LogP contribution is 2.09. The Morgan fingerprint density at radius 3 is 2.81 bits per heavy atom. The van der Waals surface area contributed by atoms with E-state index >= 15 is 0 Å². The van der Waals surface area contributed by atoms with Crippen molar-refractivity contribution in [2.45, 2.75) is 25.6 Å². The fourth-order valence-corrected chi connectivity index (χ4v) is 1.90. The number of aromatic nitrogens is 2. The number of nitrogens with one attached hydrogen (secondary N) is 1. The number of carbonyl (C=O) groups is 1. The second-order valence-electron chi connectivity index (χ2n) is 4.33. The van der Waals surface area contributed by atoms with E-state index in [9.17, 15) is 4.79 Å². The summed E-state index contributed by atoms with van der Waals surface area (Å²) in [5.41, 5.74) is 0.549. The molecular formula is C11H18ClN3O. The molecule has 16 heavy (non-hydrogen) atoms. The van der Waals surface area contributed by atoms with Gasteiger partial charge in [0.1, 0.15) is 5.69 Å². The number of halogens is 1. The van der Waals surface area contributed by atoms with E-state index in [4.69, 9.17) is 11.6 Å². The SMILES string of the molecule is CC(C)CC(Cl)CNC(=O)c1cncn1C. The molecule has 4 nitrogen and oxygen atoms in total. The minimum atomic E-state index is -0.130. The average molecular weight is 244 g/mol. The summed E-state index contributed by atoms with van der Waals surface area (Å²) in [6, 6.07) is 0. The molecule has 1 aromatic heterocycles. The van der Waals surface area contributed by atoms with Crippen LogP contribution in [0.2, 0.25) is 0 Å². The average Bonchev–Trinajstić information content (AvgIpc) is 2.60. The Labute approximate surface area is 101 Å². The lowest BCUT2D eigenvalue weighted by atomic mass is 10.1. The second-order valence-corrected chi connectivity index (χ2v) is 4.94. The summed E-state index contributed by atoms with van der Waals surface area (Å²) in [7, 11) is 1.79. The van der Waals surface area contributed by atoms with Gasteiger partial charge in [0.15, 0.2) is 0 Å². The van der Waals surface area contributed by atoms with Crippen molar-refractivity contribution in [3.63, 3.8) is 0 Å². The third-order valence-electron chi connectivity index (χ3n) is 2.26. The number of rotatable bonds is 5. The predicted octanol–water partition coefficient (Wildman–Crippen LogP) is 1.80. The van der Waals surface area contributed by atoms with Gasteiger partial charge in [-0.25, -0.2) is 4.98 Å². The van der Waals surface area contributed by atoms with Crippen molar-refractivity contribution in [2.75, 3.05) is 6.54 Å². The maximum atomic E-state index is 11.7. The van der Waals surface area contributed by atoms with E-state index in [1.807, 2.05) is 0 Å². The van der Waals surface area contributed by atoms with Gasteiger partial charge in [0, 0.05) is 13.6 Å². The fourth-order valence-electron chi connectivity index (χ4n) is 1.46. The van der Waals surface area contributed by atoms with E-state index in [1.54, 1.807) is 24.1 Å². The molecule has 0 radical (unpaired) electrons. The Balaban J connectivity index is 2.39. The highest BCUT2D eigenvalue weighted by atomic mass is 35.5. The maximum Gasteiger partial charge on any atom is 0.269 e. The summed E-state index contributed by atoms with van der Waals surface area (Å²) in [6.07, 6.45) is 4.04. The summed E-state index contributed by atoms with van der Waals surface area (Å²) in [5, 5.41) is 2.78. The highest BCUT2D eigenvalue weighted by Gasteiger charge is 2.12. The van der Waals surface area contributed by atoms with Gasteiger partial charge in [-0.1, -0.05) is 13.8 Å². The van der Waals surface area contributed by atoms with Crippen molar-refractivity contribution in [1.29, 1.82) is 0 Å². The van der Waals surface area contributed by atoms with Crippen molar-refractivity contribution in [3.8, 4) is 0 Å².